The van der Waals surface area contributed by atoms with E-state index in [1.807, 2.05) is 13.8 Å². The van der Waals surface area contributed by atoms with Crippen molar-refractivity contribution < 1.29 is 17.9 Å². The van der Waals surface area contributed by atoms with Crippen LogP contribution in [0.15, 0.2) is 0 Å². The lowest BCUT2D eigenvalue weighted by Gasteiger charge is -2.34. The van der Waals surface area contributed by atoms with Crippen molar-refractivity contribution in [2.24, 2.45) is 0 Å². The normalized spacial score (nSPS) is 27.6. The fraction of sp³-hybridized carbons (Fsp3) is 0.933. The number of carbonyl (C=O) groups is 1. The van der Waals surface area contributed by atoms with Crippen molar-refractivity contribution in [1.29, 1.82) is 0 Å². The number of sulfonamides is 1. The topological polar surface area (TPSA) is 87.7 Å². The van der Waals surface area contributed by atoms with Crippen molar-refractivity contribution in [2.75, 3.05) is 25.4 Å². The molecule has 1 heterocycles. The quantitative estimate of drug-likeness (QED) is 0.778. The summed E-state index contributed by atoms with van der Waals surface area (Å²) in [7, 11) is -3.37. The maximum atomic E-state index is 12.3. The molecule has 2 N–H and O–H groups in total. The molecule has 0 aromatic rings. The molecule has 8 heteroatoms. The van der Waals surface area contributed by atoms with Crippen LogP contribution in [0.2, 0.25) is 0 Å². The molecule has 0 aromatic carbocycles. The van der Waals surface area contributed by atoms with Gasteiger partial charge in [-0.15, -0.1) is 0 Å². The summed E-state index contributed by atoms with van der Waals surface area (Å²) >= 11 is 0. The number of amides is 2. The van der Waals surface area contributed by atoms with E-state index in [0.717, 1.165) is 25.7 Å². The molecule has 1 saturated heterocycles. The zero-order valence-electron chi connectivity index (χ0n) is 14.1. The molecule has 23 heavy (non-hydrogen) atoms. The Balaban J connectivity index is 1.72. The molecule has 2 fully saturated rings. The number of rotatable bonds is 5. The molecule has 0 unspecified atom stereocenters. The summed E-state index contributed by atoms with van der Waals surface area (Å²) in [5.74, 6) is -0.0788. The minimum absolute atomic E-state index is 0.0788. The van der Waals surface area contributed by atoms with Crippen LogP contribution in [0.5, 0.6) is 0 Å². The van der Waals surface area contributed by atoms with Crippen molar-refractivity contribution in [2.45, 2.75) is 64.2 Å². The van der Waals surface area contributed by atoms with Gasteiger partial charge in [0, 0.05) is 25.7 Å². The molecular formula is C15H29N3O4S. The molecule has 7 nitrogen and oxygen atoms in total. The van der Waals surface area contributed by atoms with Crippen molar-refractivity contribution in [3.63, 3.8) is 0 Å². The molecule has 1 saturated carbocycles. The minimum Gasteiger partial charge on any atom is -0.373 e. The Hall–Kier alpha value is -0.860. The first-order valence-corrected chi connectivity index (χ1v) is 10.2. The molecule has 0 bridgehead atoms. The van der Waals surface area contributed by atoms with Crippen LogP contribution < -0.4 is 10.6 Å². The second-order valence-corrected chi connectivity index (χ2v) is 8.71. The number of urea groups is 1. The summed E-state index contributed by atoms with van der Waals surface area (Å²) < 4.78 is 31.7. The summed E-state index contributed by atoms with van der Waals surface area (Å²) in [6.45, 7) is 4.62. The predicted molar refractivity (Wildman–Crippen MR) is 88.8 cm³/mol. The van der Waals surface area contributed by atoms with Gasteiger partial charge in [-0.3, -0.25) is 0 Å². The van der Waals surface area contributed by atoms with Gasteiger partial charge in [0.1, 0.15) is 0 Å². The van der Waals surface area contributed by atoms with Crippen LogP contribution in [0.4, 0.5) is 4.79 Å². The van der Waals surface area contributed by atoms with Crippen LogP contribution >= 0.6 is 0 Å². The molecule has 2 aliphatic rings. The van der Waals surface area contributed by atoms with Crippen LogP contribution in [0.25, 0.3) is 0 Å². The van der Waals surface area contributed by atoms with Gasteiger partial charge in [0.05, 0.1) is 18.0 Å². The lowest BCUT2D eigenvalue weighted by Crippen LogP contribution is -2.50. The van der Waals surface area contributed by atoms with Crippen molar-refractivity contribution in [1.82, 2.24) is 14.9 Å². The minimum atomic E-state index is -3.37. The summed E-state index contributed by atoms with van der Waals surface area (Å²) in [6.07, 6.45) is 5.34. The number of morpholine rings is 1. The Morgan fingerprint density at radius 3 is 2.35 bits per heavy atom. The van der Waals surface area contributed by atoms with Gasteiger partial charge in [-0.05, 0) is 26.7 Å². The molecule has 2 atom stereocenters. The van der Waals surface area contributed by atoms with Crippen LogP contribution in [0.3, 0.4) is 0 Å². The van der Waals surface area contributed by atoms with E-state index < -0.39 is 10.0 Å². The van der Waals surface area contributed by atoms with Gasteiger partial charge in [0.25, 0.3) is 0 Å². The van der Waals surface area contributed by atoms with E-state index in [1.165, 1.54) is 10.7 Å². The first-order chi connectivity index (χ1) is 10.9. The zero-order valence-corrected chi connectivity index (χ0v) is 14.9. The number of hydrogen-bond acceptors (Lipinski definition) is 4. The number of nitrogens with one attached hydrogen (secondary N) is 2. The maximum Gasteiger partial charge on any atom is 0.315 e. The van der Waals surface area contributed by atoms with Crippen molar-refractivity contribution in [3.05, 3.63) is 0 Å². The van der Waals surface area contributed by atoms with Gasteiger partial charge in [-0.2, -0.15) is 4.31 Å². The average Bonchev–Trinajstić information content (AvgIpc) is 2.47. The summed E-state index contributed by atoms with van der Waals surface area (Å²) in [4.78, 5) is 11.8. The van der Waals surface area contributed by atoms with E-state index in [1.54, 1.807) is 0 Å². The van der Waals surface area contributed by atoms with Gasteiger partial charge in [0.2, 0.25) is 10.0 Å². The van der Waals surface area contributed by atoms with E-state index in [2.05, 4.69) is 10.6 Å². The van der Waals surface area contributed by atoms with Crippen LogP contribution in [0, 0.1) is 0 Å². The fourth-order valence-corrected chi connectivity index (χ4v) is 4.76. The highest BCUT2D eigenvalue weighted by Crippen LogP contribution is 2.17. The third kappa shape index (κ3) is 5.93. The smallest absolute Gasteiger partial charge is 0.315 e. The highest BCUT2D eigenvalue weighted by atomic mass is 32.2. The van der Waals surface area contributed by atoms with Gasteiger partial charge >= 0.3 is 6.03 Å². The second-order valence-electron chi connectivity index (χ2n) is 6.63. The molecule has 1 aliphatic heterocycles. The molecular weight excluding hydrogens is 318 g/mol. The first kappa shape index (κ1) is 18.5. The van der Waals surface area contributed by atoms with E-state index in [9.17, 15) is 13.2 Å². The summed E-state index contributed by atoms with van der Waals surface area (Å²) in [6, 6.07) is -0.0443. The summed E-state index contributed by atoms with van der Waals surface area (Å²) in [5.41, 5.74) is 0. The molecule has 134 valence electrons. The largest absolute Gasteiger partial charge is 0.373 e. The molecule has 0 aromatic heterocycles. The Kier molecular flexibility index (Phi) is 6.67. The monoisotopic (exact) mass is 347 g/mol. The highest BCUT2D eigenvalue weighted by Gasteiger charge is 2.30. The molecule has 1 aliphatic carbocycles. The van der Waals surface area contributed by atoms with Gasteiger partial charge < -0.3 is 15.4 Å². The third-order valence-electron chi connectivity index (χ3n) is 4.37. The third-order valence-corrected chi connectivity index (χ3v) is 6.17. The van der Waals surface area contributed by atoms with Crippen molar-refractivity contribution in [3.8, 4) is 0 Å². The lowest BCUT2D eigenvalue weighted by atomic mass is 9.96. The number of carbonyl (C=O) groups excluding carboxylic acids is 1. The molecule has 0 spiro atoms. The fourth-order valence-electron chi connectivity index (χ4n) is 3.26. The zero-order chi connectivity index (χ0) is 16.9. The number of nitrogens with zero attached hydrogens (tertiary/aromatic N) is 1. The van der Waals surface area contributed by atoms with E-state index in [4.69, 9.17) is 4.74 Å². The predicted octanol–water partition coefficient (Wildman–Crippen LogP) is 1.06. The Morgan fingerprint density at radius 1 is 1.13 bits per heavy atom. The Labute approximate surface area is 139 Å². The maximum absolute atomic E-state index is 12.3. The Bertz CT molecular complexity index is 481. The van der Waals surface area contributed by atoms with Crippen LogP contribution in [-0.4, -0.2) is 62.4 Å². The first-order valence-electron chi connectivity index (χ1n) is 8.54. The van der Waals surface area contributed by atoms with E-state index >= 15 is 0 Å². The van der Waals surface area contributed by atoms with Gasteiger partial charge in [0.15, 0.2) is 0 Å². The highest BCUT2D eigenvalue weighted by molar-refractivity contribution is 7.89. The number of ether oxygens (including phenoxy) is 1. The van der Waals surface area contributed by atoms with Gasteiger partial charge in [-0.1, -0.05) is 19.3 Å². The summed E-state index contributed by atoms with van der Waals surface area (Å²) in [5, 5.41) is 5.58. The van der Waals surface area contributed by atoms with E-state index in [-0.39, 0.29) is 36.6 Å². The van der Waals surface area contributed by atoms with Crippen LogP contribution in [-0.2, 0) is 14.8 Å². The average molecular weight is 347 g/mol. The SMILES string of the molecule is C[C@@H]1CN(S(=O)(=O)CCNC(=O)NC2CCCCC2)C[C@@H](C)O1. The number of hydrogen-bond donors (Lipinski definition) is 2. The molecule has 0 radical (unpaired) electrons. The van der Waals surface area contributed by atoms with E-state index in [0.29, 0.717) is 13.1 Å². The standard InChI is InChI=1S/C15H29N3O4S/c1-12-10-18(11-13(2)22-12)23(20,21)9-8-16-15(19)17-14-6-4-3-5-7-14/h12-14H,3-11H2,1-2H3,(H2,16,17,19)/t12-,13-/m1/s1. The second kappa shape index (κ2) is 8.30. The lowest BCUT2D eigenvalue weighted by molar-refractivity contribution is -0.0440. The molecule has 2 rings (SSSR count). The Morgan fingerprint density at radius 2 is 1.74 bits per heavy atom. The van der Waals surface area contributed by atoms with Gasteiger partial charge in [-0.25, -0.2) is 13.2 Å². The van der Waals surface area contributed by atoms with Crippen LogP contribution in [0.1, 0.15) is 46.0 Å². The van der Waals surface area contributed by atoms with Crippen molar-refractivity contribution >= 4 is 16.1 Å². The molecule has 2 amide bonds.